The van der Waals surface area contributed by atoms with Crippen molar-refractivity contribution in [3.63, 3.8) is 0 Å². The van der Waals surface area contributed by atoms with Gasteiger partial charge in [0.1, 0.15) is 0 Å². The molecule has 0 amide bonds. The van der Waals surface area contributed by atoms with Gasteiger partial charge in [-0.25, -0.2) is 4.79 Å². The zero-order valence-electron chi connectivity index (χ0n) is 7.75. The lowest BCUT2D eigenvalue weighted by molar-refractivity contribution is -0.137. The Kier molecular flexibility index (Phi) is 4.35. The van der Waals surface area contributed by atoms with E-state index >= 15 is 0 Å². The van der Waals surface area contributed by atoms with Crippen molar-refractivity contribution in [2.24, 2.45) is 0 Å². The fraction of sp³-hybridized carbons (Fsp3) is 0.200. The Labute approximate surface area is 81.9 Å². The van der Waals surface area contributed by atoms with Gasteiger partial charge in [0.05, 0.1) is 5.57 Å². The molecule has 0 atom stereocenters. The van der Waals surface area contributed by atoms with Crippen LogP contribution in [0.25, 0.3) is 0 Å². The number of carbonyl (C=O) groups is 2. The lowest BCUT2D eigenvalue weighted by Crippen LogP contribution is -2.04. The first-order valence-corrected chi connectivity index (χ1v) is 3.87. The Bertz CT molecular complexity index is 312. The summed E-state index contributed by atoms with van der Waals surface area (Å²) in [6.07, 6.45) is 0.0885. The highest BCUT2D eigenvalue weighted by Crippen LogP contribution is 2.18. The first-order valence-electron chi connectivity index (χ1n) is 3.87. The molecular weight excluding hydrogens is 184 g/mol. The molecule has 0 saturated heterocycles. The molecule has 2 N–H and O–H groups in total. The molecule has 0 radical (unpaired) electrons. The molecule has 0 saturated carbocycles. The van der Waals surface area contributed by atoms with Gasteiger partial charge in [-0.3, -0.25) is 4.79 Å². The Morgan fingerprint density at radius 1 is 0.929 bits per heavy atom. The standard InChI is InChI=1S/C10H12O4/c1-6(4-5-9(11)12)7(2)8(3)10(13)14/h1-5H2,(H,11,12)(H,13,14). The summed E-state index contributed by atoms with van der Waals surface area (Å²) in [5, 5.41) is 16.9. The first kappa shape index (κ1) is 12.2. The molecule has 0 aliphatic rings. The van der Waals surface area contributed by atoms with E-state index in [9.17, 15) is 9.59 Å². The normalized spacial score (nSPS) is 9.14. The van der Waals surface area contributed by atoms with E-state index in [1.807, 2.05) is 0 Å². The van der Waals surface area contributed by atoms with Gasteiger partial charge in [0.15, 0.2) is 0 Å². The summed E-state index contributed by atoms with van der Waals surface area (Å²) in [4.78, 5) is 20.7. The summed E-state index contributed by atoms with van der Waals surface area (Å²) in [6.45, 7) is 10.3. The van der Waals surface area contributed by atoms with Crippen LogP contribution in [0.4, 0.5) is 0 Å². The molecule has 0 aromatic carbocycles. The van der Waals surface area contributed by atoms with E-state index in [2.05, 4.69) is 19.7 Å². The maximum absolute atomic E-state index is 10.5. The van der Waals surface area contributed by atoms with E-state index in [4.69, 9.17) is 10.2 Å². The van der Waals surface area contributed by atoms with Gasteiger partial charge < -0.3 is 10.2 Å². The molecule has 0 aromatic rings. The summed E-state index contributed by atoms with van der Waals surface area (Å²) >= 11 is 0. The largest absolute Gasteiger partial charge is 0.481 e. The van der Waals surface area contributed by atoms with Crippen LogP contribution in [0.2, 0.25) is 0 Å². The highest BCUT2D eigenvalue weighted by Gasteiger charge is 2.11. The minimum Gasteiger partial charge on any atom is -0.481 e. The SMILES string of the molecule is C=C(CCC(=O)O)C(=C)C(=C)C(=O)O. The van der Waals surface area contributed by atoms with Crippen LogP contribution in [0.15, 0.2) is 36.5 Å². The maximum atomic E-state index is 10.5. The van der Waals surface area contributed by atoms with Crippen molar-refractivity contribution in [1.82, 2.24) is 0 Å². The molecule has 4 nitrogen and oxygen atoms in total. The third kappa shape index (κ3) is 3.71. The van der Waals surface area contributed by atoms with Crippen LogP contribution in [0, 0.1) is 0 Å². The van der Waals surface area contributed by atoms with Gasteiger partial charge in [-0.2, -0.15) is 0 Å². The Hall–Kier alpha value is -1.84. The molecule has 0 heterocycles. The number of allylic oxidation sites excluding steroid dienone is 1. The van der Waals surface area contributed by atoms with Crippen LogP contribution in [0.3, 0.4) is 0 Å². The number of carboxylic acids is 2. The quantitative estimate of drug-likeness (QED) is 0.500. The van der Waals surface area contributed by atoms with Crippen LogP contribution < -0.4 is 0 Å². The van der Waals surface area contributed by atoms with E-state index in [1.165, 1.54) is 0 Å². The van der Waals surface area contributed by atoms with E-state index < -0.39 is 11.9 Å². The average Bonchev–Trinajstić information content (AvgIpc) is 2.11. The summed E-state index contributed by atoms with van der Waals surface area (Å²) in [7, 11) is 0. The zero-order chi connectivity index (χ0) is 11.3. The van der Waals surface area contributed by atoms with Crippen LogP contribution >= 0.6 is 0 Å². The molecule has 0 aliphatic heterocycles. The number of hydrogen-bond donors (Lipinski definition) is 2. The lowest BCUT2D eigenvalue weighted by atomic mass is 9.98. The smallest absolute Gasteiger partial charge is 0.335 e. The predicted molar refractivity (Wildman–Crippen MR) is 51.9 cm³/mol. The number of hydrogen-bond acceptors (Lipinski definition) is 2. The average molecular weight is 196 g/mol. The van der Waals surface area contributed by atoms with Crippen LogP contribution in [-0.2, 0) is 9.59 Å². The lowest BCUT2D eigenvalue weighted by Gasteiger charge is -2.07. The minimum absolute atomic E-state index is 0.0925. The van der Waals surface area contributed by atoms with Gasteiger partial charge in [-0.15, -0.1) is 0 Å². The van der Waals surface area contributed by atoms with Crippen molar-refractivity contribution in [1.29, 1.82) is 0 Å². The van der Waals surface area contributed by atoms with Crippen molar-refractivity contribution in [2.45, 2.75) is 12.8 Å². The monoisotopic (exact) mass is 196 g/mol. The summed E-state index contributed by atoms with van der Waals surface area (Å²) in [5.41, 5.74) is 0.430. The highest BCUT2D eigenvalue weighted by atomic mass is 16.4. The van der Waals surface area contributed by atoms with Crippen LogP contribution in [-0.4, -0.2) is 22.2 Å². The molecule has 0 fully saturated rings. The van der Waals surface area contributed by atoms with E-state index in [0.29, 0.717) is 5.57 Å². The third-order valence-corrected chi connectivity index (χ3v) is 1.69. The Balaban J connectivity index is 4.27. The second-order valence-corrected chi connectivity index (χ2v) is 2.76. The van der Waals surface area contributed by atoms with Gasteiger partial charge in [-0.05, 0) is 17.6 Å². The van der Waals surface area contributed by atoms with E-state index in [-0.39, 0.29) is 24.0 Å². The highest BCUT2D eigenvalue weighted by molar-refractivity contribution is 5.92. The second-order valence-electron chi connectivity index (χ2n) is 2.76. The molecule has 76 valence electrons. The van der Waals surface area contributed by atoms with Crippen molar-refractivity contribution >= 4 is 11.9 Å². The van der Waals surface area contributed by atoms with E-state index in [1.54, 1.807) is 0 Å². The zero-order valence-corrected chi connectivity index (χ0v) is 7.75. The molecule has 4 heteroatoms. The first-order chi connectivity index (χ1) is 6.36. The number of aliphatic carboxylic acids is 2. The van der Waals surface area contributed by atoms with Gasteiger partial charge in [0.25, 0.3) is 0 Å². The van der Waals surface area contributed by atoms with E-state index in [0.717, 1.165) is 0 Å². The van der Waals surface area contributed by atoms with Crippen molar-refractivity contribution < 1.29 is 19.8 Å². The van der Waals surface area contributed by atoms with Crippen molar-refractivity contribution in [3.05, 3.63) is 36.5 Å². The Morgan fingerprint density at radius 2 is 1.43 bits per heavy atom. The molecule has 0 spiro atoms. The topological polar surface area (TPSA) is 74.6 Å². The molecule has 0 unspecified atom stereocenters. The molecule has 0 rings (SSSR count). The predicted octanol–water partition coefficient (Wildman–Crippen LogP) is 1.60. The third-order valence-electron chi connectivity index (χ3n) is 1.69. The molecular formula is C10H12O4. The fourth-order valence-corrected chi connectivity index (χ4v) is 0.751. The van der Waals surface area contributed by atoms with Crippen molar-refractivity contribution in [3.8, 4) is 0 Å². The van der Waals surface area contributed by atoms with Gasteiger partial charge in [-0.1, -0.05) is 19.7 Å². The second kappa shape index (κ2) is 5.01. The van der Waals surface area contributed by atoms with Gasteiger partial charge in [0, 0.05) is 6.42 Å². The van der Waals surface area contributed by atoms with Crippen molar-refractivity contribution in [2.75, 3.05) is 0 Å². The number of carboxylic acid groups (broad SMARTS) is 2. The summed E-state index contributed by atoms with van der Waals surface area (Å²) < 4.78 is 0. The molecule has 14 heavy (non-hydrogen) atoms. The summed E-state index contributed by atoms with van der Waals surface area (Å²) in [5.74, 6) is -2.13. The summed E-state index contributed by atoms with van der Waals surface area (Å²) in [6, 6.07) is 0. The maximum Gasteiger partial charge on any atom is 0.335 e. The molecule has 0 aliphatic carbocycles. The van der Waals surface area contributed by atoms with Crippen LogP contribution in [0.1, 0.15) is 12.8 Å². The van der Waals surface area contributed by atoms with Crippen LogP contribution in [0.5, 0.6) is 0 Å². The Morgan fingerprint density at radius 3 is 1.79 bits per heavy atom. The molecule has 0 bridgehead atoms. The number of rotatable bonds is 6. The van der Waals surface area contributed by atoms with Gasteiger partial charge >= 0.3 is 11.9 Å². The minimum atomic E-state index is -1.17. The van der Waals surface area contributed by atoms with Gasteiger partial charge in [0.2, 0.25) is 0 Å². The fourth-order valence-electron chi connectivity index (χ4n) is 0.751. The molecule has 0 aromatic heterocycles.